The molecule has 0 spiro atoms. The topological polar surface area (TPSA) is 101 Å². The van der Waals surface area contributed by atoms with Gasteiger partial charge in [0, 0.05) is 31.4 Å². The Kier molecular flexibility index (Phi) is 5.59. The molecule has 1 amide bonds. The van der Waals surface area contributed by atoms with Gasteiger partial charge in [0.05, 0.1) is 18.6 Å². The fraction of sp³-hybridized carbons (Fsp3) is 0.389. The van der Waals surface area contributed by atoms with Gasteiger partial charge in [-0.25, -0.2) is 18.4 Å². The second kappa shape index (κ2) is 7.91. The molecule has 2 aromatic rings. The molecular weight excluding hydrogens is 368 g/mol. The van der Waals surface area contributed by atoms with Gasteiger partial charge in [-0.3, -0.25) is 4.79 Å². The standard InChI is InChI=1S/C18H22N4O4S/c1-22(14-8-10-27(24,25)12-14)18-19-9-7-15(21-18)17(23)20-11-13-5-3-4-6-16(13)26-2/h3-7,9,14H,8,10-12H2,1-2H3,(H,20,23). The maximum atomic E-state index is 12.5. The largest absolute Gasteiger partial charge is 0.496 e. The molecule has 1 fully saturated rings. The summed E-state index contributed by atoms with van der Waals surface area (Å²) in [5.41, 5.74) is 1.08. The molecule has 2 heterocycles. The van der Waals surface area contributed by atoms with Crippen LogP contribution in [-0.4, -0.2) is 56.0 Å². The van der Waals surface area contributed by atoms with Crippen molar-refractivity contribution in [3.63, 3.8) is 0 Å². The van der Waals surface area contributed by atoms with Gasteiger partial charge in [-0.2, -0.15) is 0 Å². The third kappa shape index (κ3) is 4.54. The van der Waals surface area contributed by atoms with Crippen LogP contribution in [-0.2, 0) is 16.4 Å². The number of hydrogen-bond acceptors (Lipinski definition) is 7. The van der Waals surface area contributed by atoms with E-state index in [0.29, 0.717) is 24.7 Å². The number of carbonyl (C=O) groups is 1. The van der Waals surface area contributed by atoms with Crippen molar-refractivity contribution in [2.24, 2.45) is 0 Å². The van der Waals surface area contributed by atoms with Crippen LogP contribution in [0.25, 0.3) is 0 Å². The van der Waals surface area contributed by atoms with E-state index in [-0.39, 0.29) is 29.1 Å². The molecule has 144 valence electrons. The Hall–Kier alpha value is -2.68. The van der Waals surface area contributed by atoms with E-state index in [1.54, 1.807) is 19.1 Å². The molecule has 0 radical (unpaired) electrons. The molecular formula is C18H22N4O4S. The summed E-state index contributed by atoms with van der Waals surface area (Å²) in [6.45, 7) is 0.304. The molecule has 27 heavy (non-hydrogen) atoms. The summed E-state index contributed by atoms with van der Waals surface area (Å²) in [7, 11) is 0.318. The molecule has 0 bridgehead atoms. The van der Waals surface area contributed by atoms with E-state index in [0.717, 1.165) is 5.56 Å². The molecule has 3 rings (SSSR count). The van der Waals surface area contributed by atoms with Crippen molar-refractivity contribution in [2.75, 3.05) is 30.6 Å². The van der Waals surface area contributed by atoms with Gasteiger partial charge in [0.2, 0.25) is 5.95 Å². The number of rotatable bonds is 6. The van der Waals surface area contributed by atoms with Crippen molar-refractivity contribution in [2.45, 2.75) is 19.0 Å². The van der Waals surface area contributed by atoms with Crippen LogP contribution in [0.5, 0.6) is 5.75 Å². The number of amides is 1. The van der Waals surface area contributed by atoms with Crippen molar-refractivity contribution in [1.29, 1.82) is 0 Å². The monoisotopic (exact) mass is 390 g/mol. The quantitative estimate of drug-likeness (QED) is 0.786. The highest BCUT2D eigenvalue weighted by Crippen LogP contribution is 2.20. The predicted molar refractivity (Wildman–Crippen MR) is 102 cm³/mol. The average Bonchev–Trinajstić information content (AvgIpc) is 3.05. The fourth-order valence-electron chi connectivity index (χ4n) is 3.00. The summed E-state index contributed by atoms with van der Waals surface area (Å²) in [6.07, 6.45) is 2.03. The van der Waals surface area contributed by atoms with Crippen LogP contribution >= 0.6 is 0 Å². The maximum Gasteiger partial charge on any atom is 0.270 e. The minimum Gasteiger partial charge on any atom is -0.496 e. The van der Waals surface area contributed by atoms with E-state index in [1.807, 2.05) is 24.3 Å². The lowest BCUT2D eigenvalue weighted by atomic mass is 10.2. The van der Waals surface area contributed by atoms with E-state index < -0.39 is 9.84 Å². The molecule has 1 saturated heterocycles. The molecule has 0 aliphatic carbocycles. The van der Waals surface area contributed by atoms with Crippen molar-refractivity contribution in [1.82, 2.24) is 15.3 Å². The molecule has 1 unspecified atom stereocenters. The highest BCUT2D eigenvalue weighted by atomic mass is 32.2. The predicted octanol–water partition coefficient (Wildman–Crippen LogP) is 1.04. The van der Waals surface area contributed by atoms with Crippen LogP contribution in [0.2, 0.25) is 0 Å². The molecule has 1 aliphatic heterocycles. The highest BCUT2D eigenvalue weighted by molar-refractivity contribution is 7.91. The summed E-state index contributed by atoms with van der Waals surface area (Å²) in [5, 5.41) is 2.82. The Morgan fingerprint density at radius 3 is 2.81 bits per heavy atom. The Balaban J connectivity index is 1.68. The number of para-hydroxylation sites is 1. The van der Waals surface area contributed by atoms with Crippen LogP contribution in [0.1, 0.15) is 22.5 Å². The summed E-state index contributed by atoms with van der Waals surface area (Å²) in [4.78, 5) is 22.7. The van der Waals surface area contributed by atoms with Crippen molar-refractivity contribution in [3.8, 4) is 5.75 Å². The number of methoxy groups -OCH3 is 1. The van der Waals surface area contributed by atoms with Crippen molar-refractivity contribution >= 4 is 21.7 Å². The summed E-state index contributed by atoms with van der Waals surface area (Å²) in [5.74, 6) is 0.945. The average molecular weight is 390 g/mol. The third-order valence-electron chi connectivity index (χ3n) is 4.58. The molecule has 1 N–H and O–H groups in total. The second-order valence-corrected chi connectivity index (χ2v) is 8.63. The number of hydrogen-bond donors (Lipinski definition) is 1. The van der Waals surface area contributed by atoms with Gasteiger partial charge in [0.1, 0.15) is 11.4 Å². The number of nitrogens with zero attached hydrogens (tertiary/aromatic N) is 3. The van der Waals surface area contributed by atoms with Crippen LogP contribution < -0.4 is 15.0 Å². The second-order valence-electron chi connectivity index (χ2n) is 6.40. The number of ether oxygens (including phenoxy) is 1. The van der Waals surface area contributed by atoms with Crippen molar-refractivity contribution < 1.29 is 17.9 Å². The lowest BCUT2D eigenvalue weighted by Gasteiger charge is -2.23. The SMILES string of the molecule is COc1ccccc1CNC(=O)c1ccnc(N(C)C2CCS(=O)(=O)C2)n1. The Bertz CT molecular complexity index is 932. The Morgan fingerprint density at radius 2 is 2.11 bits per heavy atom. The highest BCUT2D eigenvalue weighted by Gasteiger charge is 2.31. The molecule has 1 atom stereocenters. The number of aromatic nitrogens is 2. The molecule has 1 aromatic heterocycles. The first kappa shape index (κ1) is 19.1. The summed E-state index contributed by atoms with van der Waals surface area (Å²) < 4.78 is 28.6. The zero-order valence-electron chi connectivity index (χ0n) is 15.3. The molecule has 0 saturated carbocycles. The van der Waals surface area contributed by atoms with Gasteiger partial charge in [0.25, 0.3) is 5.91 Å². The van der Waals surface area contributed by atoms with Gasteiger partial charge in [-0.05, 0) is 18.6 Å². The lowest BCUT2D eigenvalue weighted by molar-refractivity contribution is 0.0945. The van der Waals surface area contributed by atoms with Crippen LogP contribution in [0, 0.1) is 0 Å². The molecule has 8 nitrogen and oxygen atoms in total. The third-order valence-corrected chi connectivity index (χ3v) is 6.33. The van der Waals surface area contributed by atoms with Gasteiger partial charge >= 0.3 is 0 Å². The number of nitrogens with one attached hydrogen (secondary N) is 1. The smallest absolute Gasteiger partial charge is 0.270 e. The fourth-order valence-corrected chi connectivity index (χ4v) is 4.78. The van der Waals surface area contributed by atoms with Gasteiger partial charge in [-0.1, -0.05) is 18.2 Å². The first-order valence-corrected chi connectivity index (χ1v) is 10.4. The molecule has 9 heteroatoms. The zero-order valence-corrected chi connectivity index (χ0v) is 16.1. The van der Waals surface area contributed by atoms with E-state index in [2.05, 4.69) is 15.3 Å². The van der Waals surface area contributed by atoms with Crippen molar-refractivity contribution in [3.05, 3.63) is 47.8 Å². The number of carbonyl (C=O) groups excluding carboxylic acids is 1. The summed E-state index contributed by atoms with van der Waals surface area (Å²) >= 11 is 0. The molecule has 1 aromatic carbocycles. The van der Waals surface area contributed by atoms with Gasteiger partial charge in [-0.15, -0.1) is 0 Å². The van der Waals surface area contributed by atoms with Crippen LogP contribution in [0.15, 0.2) is 36.5 Å². The number of sulfone groups is 1. The van der Waals surface area contributed by atoms with E-state index in [1.165, 1.54) is 12.3 Å². The van der Waals surface area contributed by atoms with Crippen LogP contribution in [0.4, 0.5) is 5.95 Å². The Morgan fingerprint density at radius 1 is 1.33 bits per heavy atom. The Labute approximate surface area is 158 Å². The first-order valence-electron chi connectivity index (χ1n) is 8.56. The number of anilines is 1. The van der Waals surface area contributed by atoms with E-state index >= 15 is 0 Å². The van der Waals surface area contributed by atoms with Gasteiger partial charge in [0.15, 0.2) is 9.84 Å². The van der Waals surface area contributed by atoms with E-state index in [4.69, 9.17) is 4.74 Å². The number of benzene rings is 1. The van der Waals surface area contributed by atoms with Crippen LogP contribution in [0.3, 0.4) is 0 Å². The minimum atomic E-state index is -3.01. The summed E-state index contributed by atoms with van der Waals surface area (Å²) in [6, 6.07) is 8.78. The lowest BCUT2D eigenvalue weighted by Crippen LogP contribution is -2.34. The maximum absolute atomic E-state index is 12.5. The zero-order chi connectivity index (χ0) is 19.4. The van der Waals surface area contributed by atoms with E-state index in [9.17, 15) is 13.2 Å². The molecule has 1 aliphatic rings. The van der Waals surface area contributed by atoms with Gasteiger partial charge < -0.3 is 15.0 Å². The normalized spacial score (nSPS) is 18.1. The minimum absolute atomic E-state index is 0.0804. The first-order chi connectivity index (χ1) is 12.9.